The number of unbranched alkanes of at least 4 members (excludes halogenated alkanes) is 8. The Morgan fingerprint density at radius 2 is 1.27 bits per heavy atom. The highest BCUT2D eigenvalue weighted by Gasteiger charge is 1.94. The van der Waals surface area contributed by atoms with Crippen molar-refractivity contribution in [2.45, 2.75) is 78.1 Å². The lowest BCUT2D eigenvalue weighted by Gasteiger charge is -2.04. The number of hydrogen-bond acceptors (Lipinski definition) is 0. The van der Waals surface area contributed by atoms with Gasteiger partial charge < -0.3 is 0 Å². The Bertz CT molecular complexity index is 124. The molecule has 0 fully saturated rings. The molecule has 0 atom stereocenters. The van der Waals surface area contributed by atoms with Gasteiger partial charge in [-0.3, -0.25) is 0 Å². The third-order valence-corrected chi connectivity index (χ3v) is 2.90. The van der Waals surface area contributed by atoms with E-state index in [1.807, 2.05) is 0 Å². The molecule has 0 aliphatic heterocycles. The van der Waals surface area contributed by atoms with Crippen LogP contribution in [0.25, 0.3) is 0 Å². The maximum Gasteiger partial charge on any atom is -0.0348 e. The zero-order chi connectivity index (χ0) is 11.4. The Morgan fingerprint density at radius 3 is 1.73 bits per heavy atom. The average molecular weight is 209 g/mol. The number of allylic oxidation sites excluding steroid dienone is 1. The molecule has 0 aromatic carbocycles. The predicted octanol–water partition coefficient (Wildman–Crippen LogP) is 5.53. The predicted molar refractivity (Wildman–Crippen MR) is 69.9 cm³/mol. The third kappa shape index (κ3) is 13.7. The van der Waals surface area contributed by atoms with Crippen LogP contribution in [0.1, 0.15) is 78.1 Å². The molecule has 0 amide bonds. The van der Waals surface area contributed by atoms with Crippen LogP contribution in [0.3, 0.4) is 0 Å². The van der Waals surface area contributed by atoms with Gasteiger partial charge in [0.25, 0.3) is 0 Å². The Balaban J connectivity index is 2.89. The molecule has 0 aromatic heterocycles. The summed E-state index contributed by atoms with van der Waals surface area (Å²) in [6.07, 6.45) is 15.5. The van der Waals surface area contributed by atoms with E-state index >= 15 is 0 Å². The Hall–Kier alpha value is -0.260. The van der Waals surface area contributed by atoms with Crippen LogP contribution < -0.4 is 0 Å². The van der Waals surface area contributed by atoms with E-state index in [0.29, 0.717) is 0 Å². The lowest BCUT2D eigenvalue weighted by molar-refractivity contribution is 0.507. The van der Waals surface area contributed by atoms with Crippen LogP contribution in [-0.2, 0) is 0 Å². The van der Waals surface area contributed by atoms with Gasteiger partial charge in [-0.25, -0.2) is 0 Å². The molecule has 0 rings (SSSR count). The lowest BCUT2D eigenvalue weighted by Crippen LogP contribution is -1.87. The molecule has 0 heteroatoms. The van der Waals surface area contributed by atoms with Crippen LogP contribution in [0.5, 0.6) is 0 Å². The molecule has 0 N–H and O–H groups in total. The number of hydrogen-bond donors (Lipinski definition) is 0. The van der Waals surface area contributed by atoms with Crippen molar-refractivity contribution in [3.8, 4) is 0 Å². The van der Waals surface area contributed by atoms with Gasteiger partial charge in [-0.05, 0) is 18.8 Å². The van der Waals surface area contributed by atoms with E-state index in [1.54, 1.807) is 6.08 Å². The van der Waals surface area contributed by atoms with Crippen molar-refractivity contribution in [2.75, 3.05) is 0 Å². The highest BCUT2D eigenvalue weighted by Crippen LogP contribution is 2.12. The topological polar surface area (TPSA) is 0 Å². The fourth-order valence-electron chi connectivity index (χ4n) is 1.88. The Labute approximate surface area is 97.2 Å². The highest BCUT2D eigenvalue weighted by molar-refractivity contribution is 4.61. The van der Waals surface area contributed by atoms with Crippen molar-refractivity contribution in [2.24, 2.45) is 5.92 Å². The van der Waals surface area contributed by atoms with E-state index in [1.165, 1.54) is 57.8 Å². The summed E-state index contributed by atoms with van der Waals surface area (Å²) >= 11 is 0. The molecule has 0 spiro atoms. The molecule has 0 bridgehead atoms. The Morgan fingerprint density at radius 1 is 0.800 bits per heavy atom. The van der Waals surface area contributed by atoms with Crippen molar-refractivity contribution in [1.29, 1.82) is 0 Å². The van der Waals surface area contributed by atoms with Crippen molar-refractivity contribution < 1.29 is 0 Å². The summed E-state index contributed by atoms with van der Waals surface area (Å²) in [6.45, 7) is 9.95. The van der Waals surface area contributed by atoms with Crippen LogP contribution in [-0.4, -0.2) is 0 Å². The first-order valence-corrected chi connectivity index (χ1v) is 6.80. The standard InChI is InChI=1S/C15H29/c1-4-5-6-7-8-9-10-11-12-13-14-15(2)3/h1,4,15H,5-14H2,2-3H3. The summed E-state index contributed by atoms with van der Waals surface area (Å²) in [6, 6.07) is 0. The summed E-state index contributed by atoms with van der Waals surface area (Å²) in [5, 5.41) is 0. The van der Waals surface area contributed by atoms with Gasteiger partial charge >= 0.3 is 0 Å². The van der Waals surface area contributed by atoms with E-state index in [9.17, 15) is 0 Å². The number of rotatable bonds is 11. The van der Waals surface area contributed by atoms with Crippen molar-refractivity contribution in [1.82, 2.24) is 0 Å². The maximum atomic E-state index is 5.32. The van der Waals surface area contributed by atoms with E-state index in [-0.39, 0.29) is 0 Å². The second kappa shape index (κ2) is 11.8. The van der Waals surface area contributed by atoms with E-state index in [0.717, 1.165) is 12.3 Å². The highest BCUT2D eigenvalue weighted by atomic mass is 14.0. The second-order valence-corrected chi connectivity index (χ2v) is 5.04. The quantitative estimate of drug-likeness (QED) is 0.392. The third-order valence-electron chi connectivity index (χ3n) is 2.90. The Kier molecular flexibility index (Phi) is 11.6. The molecule has 15 heavy (non-hydrogen) atoms. The van der Waals surface area contributed by atoms with Gasteiger partial charge in [0.2, 0.25) is 0 Å². The smallest absolute Gasteiger partial charge is 0.0348 e. The van der Waals surface area contributed by atoms with Gasteiger partial charge in [0.05, 0.1) is 0 Å². The van der Waals surface area contributed by atoms with Gasteiger partial charge in [-0.15, -0.1) is 0 Å². The van der Waals surface area contributed by atoms with Gasteiger partial charge in [0.1, 0.15) is 0 Å². The van der Waals surface area contributed by atoms with Crippen LogP contribution in [0.2, 0.25) is 0 Å². The first-order valence-electron chi connectivity index (χ1n) is 6.80. The summed E-state index contributed by atoms with van der Waals surface area (Å²) in [7, 11) is 0. The largest absolute Gasteiger partial charge is 0.0845 e. The first kappa shape index (κ1) is 14.7. The summed E-state index contributed by atoms with van der Waals surface area (Å²) in [5.41, 5.74) is 0. The van der Waals surface area contributed by atoms with Crippen molar-refractivity contribution in [3.05, 3.63) is 12.7 Å². The van der Waals surface area contributed by atoms with Gasteiger partial charge in [0.15, 0.2) is 0 Å². The summed E-state index contributed by atoms with van der Waals surface area (Å²) in [5.74, 6) is 0.887. The first-order chi connectivity index (χ1) is 7.27. The monoisotopic (exact) mass is 209 g/mol. The van der Waals surface area contributed by atoms with Gasteiger partial charge in [-0.2, -0.15) is 0 Å². The molecular weight excluding hydrogens is 180 g/mol. The van der Waals surface area contributed by atoms with E-state index < -0.39 is 0 Å². The van der Waals surface area contributed by atoms with Crippen LogP contribution in [0.4, 0.5) is 0 Å². The zero-order valence-corrected chi connectivity index (χ0v) is 10.8. The van der Waals surface area contributed by atoms with Crippen LogP contribution >= 0.6 is 0 Å². The fraction of sp³-hybridized carbons (Fsp3) is 0.867. The van der Waals surface area contributed by atoms with Gasteiger partial charge in [0, 0.05) is 0 Å². The molecular formula is C15H29. The molecule has 1 radical (unpaired) electrons. The molecule has 0 saturated carbocycles. The molecule has 0 aliphatic rings. The SMILES string of the molecule is [CH]=CCCCCCCCCCCC(C)C. The van der Waals surface area contributed by atoms with Crippen LogP contribution in [0, 0.1) is 12.5 Å². The minimum Gasteiger partial charge on any atom is -0.0845 e. The average Bonchev–Trinajstić information content (AvgIpc) is 2.20. The lowest BCUT2D eigenvalue weighted by atomic mass is 10.0. The minimum atomic E-state index is 0.887. The van der Waals surface area contributed by atoms with E-state index in [4.69, 9.17) is 6.58 Å². The normalized spacial score (nSPS) is 10.9. The van der Waals surface area contributed by atoms with Crippen LogP contribution in [0.15, 0.2) is 6.08 Å². The molecule has 89 valence electrons. The van der Waals surface area contributed by atoms with Crippen molar-refractivity contribution >= 4 is 0 Å². The van der Waals surface area contributed by atoms with Gasteiger partial charge in [-0.1, -0.05) is 77.9 Å². The maximum absolute atomic E-state index is 5.32. The molecule has 0 aliphatic carbocycles. The van der Waals surface area contributed by atoms with Crippen molar-refractivity contribution in [3.63, 3.8) is 0 Å². The molecule has 0 heterocycles. The van der Waals surface area contributed by atoms with E-state index in [2.05, 4.69) is 13.8 Å². The zero-order valence-electron chi connectivity index (χ0n) is 10.8. The minimum absolute atomic E-state index is 0.887. The molecule has 0 aromatic rings. The molecule has 0 unspecified atom stereocenters. The molecule has 0 nitrogen and oxygen atoms in total. The fourth-order valence-corrected chi connectivity index (χ4v) is 1.88. The second-order valence-electron chi connectivity index (χ2n) is 5.04. The summed E-state index contributed by atoms with van der Waals surface area (Å²) in [4.78, 5) is 0. The molecule has 0 saturated heterocycles. The summed E-state index contributed by atoms with van der Waals surface area (Å²) < 4.78 is 0.